The first-order valence-corrected chi connectivity index (χ1v) is 8.41. The van der Waals surface area contributed by atoms with Gasteiger partial charge in [0.1, 0.15) is 17.5 Å². The average molecular weight is 358 g/mol. The summed E-state index contributed by atoms with van der Waals surface area (Å²) in [5, 5.41) is 21.0. The largest absolute Gasteiger partial charge is 0.387 e. The van der Waals surface area contributed by atoms with E-state index in [0.29, 0.717) is 39.0 Å². The number of hydrogen-bond donors (Lipinski definition) is 2. The van der Waals surface area contributed by atoms with E-state index in [1.54, 1.807) is 11.8 Å². The van der Waals surface area contributed by atoms with Crippen LogP contribution in [-0.2, 0) is 4.74 Å². The van der Waals surface area contributed by atoms with Crippen LogP contribution in [0.3, 0.4) is 0 Å². The topological polar surface area (TPSA) is 70.0 Å². The normalized spacial score (nSPS) is 29.7. The molecule has 1 aromatic carbocycles. The van der Waals surface area contributed by atoms with Gasteiger partial charge in [0.15, 0.2) is 0 Å². The highest BCUT2D eigenvalue weighted by Crippen LogP contribution is 2.40. The lowest BCUT2D eigenvalue weighted by Crippen LogP contribution is -2.64. The summed E-state index contributed by atoms with van der Waals surface area (Å²) in [7, 11) is 0. The van der Waals surface area contributed by atoms with Gasteiger partial charge in [-0.3, -0.25) is 4.79 Å². The molecule has 0 unspecified atom stereocenters. The molecule has 2 N–H and O–H groups in total. The number of piperidine rings is 1. The van der Waals surface area contributed by atoms with Gasteiger partial charge in [-0.2, -0.15) is 0 Å². The van der Waals surface area contributed by atoms with Crippen LogP contribution in [0.25, 0.3) is 0 Å². The van der Waals surface area contributed by atoms with Crippen molar-refractivity contribution in [2.45, 2.75) is 43.5 Å². The van der Waals surface area contributed by atoms with E-state index in [1.807, 2.05) is 0 Å². The first-order valence-electron chi connectivity index (χ1n) is 8.03. The maximum Gasteiger partial charge on any atom is 0.254 e. The van der Waals surface area contributed by atoms with E-state index in [2.05, 4.69) is 0 Å². The van der Waals surface area contributed by atoms with Crippen LogP contribution in [0.2, 0.25) is 5.02 Å². The van der Waals surface area contributed by atoms with Crippen LogP contribution in [0.5, 0.6) is 0 Å². The zero-order valence-corrected chi connectivity index (χ0v) is 14.2. The van der Waals surface area contributed by atoms with Crippen LogP contribution in [-0.4, -0.2) is 58.0 Å². The SMILES string of the molecule is C[C@@]1(O)CCOC2(CCN(C(=O)c3cc(F)cc(Cl)c3)CC2)[C@H]1O. The molecule has 1 aromatic rings. The summed E-state index contributed by atoms with van der Waals surface area (Å²) in [6, 6.07) is 3.75. The third-order valence-corrected chi connectivity index (χ3v) is 5.31. The summed E-state index contributed by atoms with van der Waals surface area (Å²) >= 11 is 5.81. The monoisotopic (exact) mass is 357 g/mol. The van der Waals surface area contributed by atoms with E-state index < -0.39 is 23.1 Å². The number of aliphatic hydroxyl groups excluding tert-OH is 1. The Hall–Kier alpha value is -1.21. The Morgan fingerprint density at radius 2 is 2.00 bits per heavy atom. The number of nitrogens with zero attached hydrogens (tertiary/aromatic N) is 1. The molecule has 2 atom stereocenters. The van der Waals surface area contributed by atoms with Crippen LogP contribution in [0.15, 0.2) is 18.2 Å². The number of carbonyl (C=O) groups excluding carboxylic acids is 1. The molecule has 2 heterocycles. The number of ether oxygens (including phenoxy) is 1. The summed E-state index contributed by atoms with van der Waals surface area (Å²) in [5.74, 6) is -0.857. The molecule has 0 saturated carbocycles. The van der Waals surface area contributed by atoms with Crippen molar-refractivity contribution in [1.82, 2.24) is 4.90 Å². The molecule has 0 aliphatic carbocycles. The Labute approximate surface area is 145 Å². The molecule has 3 rings (SSSR count). The van der Waals surface area contributed by atoms with Crippen molar-refractivity contribution in [3.05, 3.63) is 34.6 Å². The minimum Gasteiger partial charge on any atom is -0.387 e. The van der Waals surface area contributed by atoms with Crippen molar-refractivity contribution in [2.75, 3.05) is 19.7 Å². The predicted octanol–water partition coefficient (Wildman–Crippen LogP) is 1.99. The Morgan fingerprint density at radius 3 is 2.62 bits per heavy atom. The van der Waals surface area contributed by atoms with Crippen molar-refractivity contribution in [1.29, 1.82) is 0 Å². The maximum atomic E-state index is 13.4. The number of rotatable bonds is 1. The molecule has 7 heteroatoms. The summed E-state index contributed by atoms with van der Waals surface area (Å²) in [6.45, 7) is 2.70. The number of benzene rings is 1. The average Bonchev–Trinajstić information content (AvgIpc) is 2.52. The van der Waals surface area contributed by atoms with Gasteiger partial charge in [-0.05, 0) is 38.0 Å². The number of likely N-dealkylation sites (tertiary alicyclic amines) is 1. The summed E-state index contributed by atoms with van der Waals surface area (Å²) in [4.78, 5) is 14.1. The van der Waals surface area contributed by atoms with E-state index in [1.165, 1.54) is 6.07 Å². The minimum atomic E-state index is -1.19. The Kier molecular flexibility index (Phi) is 4.59. The second-order valence-corrected chi connectivity index (χ2v) is 7.31. The number of hydrogen-bond acceptors (Lipinski definition) is 4. The molecule has 2 saturated heterocycles. The lowest BCUT2D eigenvalue weighted by Gasteiger charge is -2.51. The molecule has 0 bridgehead atoms. The van der Waals surface area contributed by atoms with Gasteiger partial charge in [-0.15, -0.1) is 0 Å². The van der Waals surface area contributed by atoms with Crippen LogP contribution < -0.4 is 0 Å². The molecule has 24 heavy (non-hydrogen) atoms. The Balaban J connectivity index is 1.72. The quantitative estimate of drug-likeness (QED) is 0.806. The van der Waals surface area contributed by atoms with Crippen LogP contribution in [0.1, 0.15) is 36.5 Å². The second-order valence-electron chi connectivity index (χ2n) is 6.87. The number of aliphatic hydroxyl groups is 2. The van der Waals surface area contributed by atoms with Gasteiger partial charge in [0.2, 0.25) is 0 Å². The fourth-order valence-corrected chi connectivity index (χ4v) is 3.83. The summed E-state index contributed by atoms with van der Waals surface area (Å²) in [6.07, 6.45) is 0.207. The highest BCUT2D eigenvalue weighted by atomic mass is 35.5. The van der Waals surface area contributed by atoms with Crippen molar-refractivity contribution in [3.8, 4) is 0 Å². The number of halogens is 2. The molecular weight excluding hydrogens is 337 g/mol. The summed E-state index contributed by atoms with van der Waals surface area (Å²) < 4.78 is 19.2. The molecule has 2 aliphatic rings. The molecule has 0 aromatic heterocycles. The van der Waals surface area contributed by atoms with E-state index >= 15 is 0 Å². The maximum absolute atomic E-state index is 13.4. The fourth-order valence-electron chi connectivity index (χ4n) is 3.61. The molecule has 1 spiro atoms. The fraction of sp³-hybridized carbons (Fsp3) is 0.588. The highest BCUT2D eigenvalue weighted by molar-refractivity contribution is 6.31. The van der Waals surface area contributed by atoms with Gasteiger partial charge < -0.3 is 19.8 Å². The molecule has 5 nitrogen and oxygen atoms in total. The molecule has 0 radical (unpaired) electrons. The third kappa shape index (κ3) is 3.16. The zero-order valence-electron chi connectivity index (χ0n) is 13.5. The van der Waals surface area contributed by atoms with Crippen molar-refractivity contribution in [2.24, 2.45) is 0 Å². The number of amides is 1. The molecule has 2 fully saturated rings. The first-order chi connectivity index (χ1) is 11.2. The molecule has 1 amide bonds. The van der Waals surface area contributed by atoms with Crippen LogP contribution in [0, 0.1) is 5.82 Å². The van der Waals surface area contributed by atoms with Gasteiger partial charge in [-0.25, -0.2) is 4.39 Å². The predicted molar refractivity (Wildman–Crippen MR) is 86.5 cm³/mol. The minimum absolute atomic E-state index is 0.175. The second kappa shape index (κ2) is 6.26. The van der Waals surface area contributed by atoms with Crippen molar-refractivity contribution < 1.29 is 24.1 Å². The molecular formula is C17H21ClFNO4. The van der Waals surface area contributed by atoms with Gasteiger partial charge in [0.05, 0.1) is 12.2 Å². The van der Waals surface area contributed by atoms with E-state index in [4.69, 9.17) is 16.3 Å². The lowest BCUT2D eigenvalue weighted by molar-refractivity contribution is -0.244. The van der Waals surface area contributed by atoms with Crippen molar-refractivity contribution in [3.63, 3.8) is 0 Å². The zero-order chi connectivity index (χ0) is 17.5. The number of carbonyl (C=O) groups is 1. The van der Waals surface area contributed by atoms with E-state index in [0.717, 1.165) is 12.1 Å². The smallest absolute Gasteiger partial charge is 0.254 e. The van der Waals surface area contributed by atoms with Gasteiger partial charge in [-0.1, -0.05) is 11.6 Å². The van der Waals surface area contributed by atoms with Gasteiger partial charge >= 0.3 is 0 Å². The van der Waals surface area contributed by atoms with Gasteiger partial charge in [0, 0.05) is 30.1 Å². The Bertz CT molecular complexity index is 623. The molecule has 132 valence electrons. The van der Waals surface area contributed by atoms with E-state index in [-0.39, 0.29) is 16.5 Å². The van der Waals surface area contributed by atoms with Gasteiger partial charge in [0.25, 0.3) is 5.91 Å². The van der Waals surface area contributed by atoms with Crippen molar-refractivity contribution >= 4 is 17.5 Å². The summed E-state index contributed by atoms with van der Waals surface area (Å²) in [5.41, 5.74) is -1.83. The standard InChI is InChI=1S/C17H21ClFNO4/c1-16(23)4-7-24-17(15(16)22)2-5-20(6-3-17)14(21)11-8-12(18)10-13(19)9-11/h8-10,15,22-23H,2-7H2,1H3/t15-,16+/m0/s1. The highest BCUT2D eigenvalue weighted by Gasteiger charge is 2.52. The van der Waals surface area contributed by atoms with Crippen LogP contribution in [0.4, 0.5) is 4.39 Å². The molecule has 2 aliphatic heterocycles. The van der Waals surface area contributed by atoms with E-state index in [9.17, 15) is 19.4 Å². The Morgan fingerprint density at radius 1 is 1.33 bits per heavy atom. The lowest BCUT2D eigenvalue weighted by atomic mass is 9.75. The van der Waals surface area contributed by atoms with Crippen LogP contribution >= 0.6 is 11.6 Å². The third-order valence-electron chi connectivity index (χ3n) is 5.09. The first kappa shape index (κ1) is 17.6.